The summed E-state index contributed by atoms with van der Waals surface area (Å²) in [5.41, 5.74) is 2.80. The Balaban J connectivity index is 2.54. The van der Waals surface area contributed by atoms with Crippen LogP contribution in [0.4, 0.5) is 4.39 Å². The molecule has 0 amide bonds. The van der Waals surface area contributed by atoms with Crippen LogP contribution in [0.3, 0.4) is 0 Å². The molecule has 0 aliphatic rings. The van der Waals surface area contributed by atoms with Gasteiger partial charge >= 0.3 is 0 Å². The predicted octanol–water partition coefficient (Wildman–Crippen LogP) is 3.30. The molecule has 2 nitrogen and oxygen atoms in total. The van der Waals surface area contributed by atoms with Gasteiger partial charge in [-0.1, -0.05) is 0 Å². The molecule has 0 aliphatic heterocycles. The number of rotatable bonds is 1. The molecule has 1 aromatic heterocycles. The van der Waals surface area contributed by atoms with Crippen LogP contribution in [0, 0.1) is 12.7 Å². The highest BCUT2D eigenvalue weighted by molar-refractivity contribution is 9.10. The van der Waals surface area contributed by atoms with E-state index in [1.165, 1.54) is 12.1 Å². The van der Waals surface area contributed by atoms with Gasteiger partial charge in [0, 0.05) is 18.3 Å². The quantitative estimate of drug-likeness (QED) is 0.776. The second-order valence-corrected chi connectivity index (χ2v) is 4.17. The van der Waals surface area contributed by atoms with Crippen LogP contribution >= 0.6 is 15.9 Å². The van der Waals surface area contributed by atoms with E-state index in [0.29, 0.717) is 0 Å². The summed E-state index contributed by atoms with van der Waals surface area (Å²) in [5.74, 6) is -0.234. The average Bonchev–Trinajstić information content (AvgIpc) is 2.47. The highest BCUT2D eigenvalue weighted by Gasteiger charge is 2.11. The van der Waals surface area contributed by atoms with Gasteiger partial charge in [0.2, 0.25) is 0 Å². The highest BCUT2D eigenvalue weighted by Crippen LogP contribution is 2.29. The Bertz CT molecular complexity index is 488. The van der Waals surface area contributed by atoms with Crippen molar-refractivity contribution in [3.8, 4) is 11.3 Å². The van der Waals surface area contributed by atoms with E-state index in [1.54, 1.807) is 16.8 Å². The van der Waals surface area contributed by atoms with E-state index < -0.39 is 0 Å². The lowest BCUT2D eigenvalue weighted by Crippen LogP contribution is -1.92. The molecule has 78 valence electrons. The zero-order valence-electron chi connectivity index (χ0n) is 8.46. The van der Waals surface area contributed by atoms with Crippen LogP contribution in [0.25, 0.3) is 11.3 Å². The second-order valence-electron chi connectivity index (χ2n) is 3.38. The Kier molecular flexibility index (Phi) is 2.61. The fraction of sp³-hybridized carbons (Fsp3) is 0.182. The van der Waals surface area contributed by atoms with Crippen molar-refractivity contribution in [1.29, 1.82) is 0 Å². The Labute approximate surface area is 95.9 Å². The van der Waals surface area contributed by atoms with E-state index in [4.69, 9.17) is 0 Å². The number of hydrogen-bond donors (Lipinski definition) is 0. The molecule has 15 heavy (non-hydrogen) atoms. The molecule has 1 aromatic carbocycles. The van der Waals surface area contributed by atoms with Crippen molar-refractivity contribution < 1.29 is 4.39 Å². The van der Waals surface area contributed by atoms with Gasteiger partial charge in [-0.05, 0) is 47.1 Å². The standard InChI is InChI=1S/C11H10BrFN2/c1-7-10(12)11(14-15(7)2)8-3-5-9(13)6-4-8/h3-6H,1-2H3. The molecule has 0 saturated heterocycles. The van der Waals surface area contributed by atoms with Crippen LogP contribution < -0.4 is 0 Å². The van der Waals surface area contributed by atoms with Gasteiger partial charge in [0.25, 0.3) is 0 Å². The van der Waals surface area contributed by atoms with Gasteiger partial charge in [-0.3, -0.25) is 4.68 Å². The number of halogens is 2. The molecule has 2 rings (SSSR count). The predicted molar refractivity (Wildman–Crippen MR) is 61.0 cm³/mol. The lowest BCUT2D eigenvalue weighted by Gasteiger charge is -1.96. The van der Waals surface area contributed by atoms with Crippen molar-refractivity contribution in [2.75, 3.05) is 0 Å². The third kappa shape index (κ3) is 1.81. The molecular weight excluding hydrogens is 259 g/mol. The molecular formula is C11H10BrFN2. The molecule has 0 atom stereocenters. The van der Waals surface area contributed by atoms with Crippen LogP contribution in [0.15, 0.2) is 28.7 Å². The van der Waals surface area contributed by atoms with Crippen molar-refractivity contribution in [2.45, 2.75) is 6.92 Å². The van der Waals surface area contributed by atoms with E-state index in [2.05, 4.69) is 21.0 Å². The molecule has 0 fully saturated rings. The Morgan fingerprint density at radius 3 is 2.33 bits per heavy atom. The molecule has 4 heteroatoms. The molecule has 0 aliphatic carbocycles. The first-order chi connectivity index (χ1) is 7.09. The summed E-state index contributed by atoms with van der Waals surface area (Å²) in [5, 5.41) is 4.36. The van der Waals surface area contributed by atoms with Crippen LogP contribution in [-0.4, -0.2) is 9.78 Å². The van der Waals surface area contributed by atoms with Crippen molar-refractivity contribution in [3.63, 3.8) is 0 Å². The fourth-order valence-electron chi connectivity index (χ4n) is 1.37. The van der Waals surface area contributed by atoms with Gasteiger partial charge in [-0.2, -0.15) is 5.10 Å². The van der Waals surface area contributed by atoms with Gasteiger partial charge in [-0.25, -0.2) is 4.39 Å². The maximum absolute atomic E-state index is 12.8. The van der Waals surface area contributed by atoms with E-state index in [1.807, 2.05) is 14.0 Å². The monoisotopic (exact) mass is 268 g/mol. The molecule has 2 aromatic rings. The average molecular weight is 269 g/mol. The Hall–Kier alpha value is -1.16. The Morgan fingerprint density at radius 1 is 1.27 bits per heavy atom. The summed E-state index contributed by atoms with van der Waals surface area (Å²) in [7, 11) is 1.88. The second kappa shape index (κ2) is 3.77. The summed E-state index contributed by atoms with van der Waals surface area (Å²) >= 11 is 3.48. The smallest absolute Gasteiger partial charge is 0.123 e. The zero-order chi connectivity index (χ0) is 11.0. The van der Waals surface area contributed by atoms with Crippen molar-refractivity contribution in [3.05, 3.63) is 40.2 Å². The zero-order valence-corrected chi connectivity index (χ0v) is 10.0. The number of hydrogen-bond acceptors (Lipinski definition) is 1. The number of aromatic nitrogens is 2. The topological polar surface area (TPSA) is 17.8 Å². The molecule has 1 heterocycles. The van der Waals surface area contributed by atoms with E-state index in [9.17, 15) is 4.39 Å². The summed E-state index contributed by atoms with van der Waals surface area (Å²) in [6.07, 6.45) is 0. The first-order valence-electron chi connectivity index (χ1n) is 4.54. The van der Waals surface area contributed by atoms with E-state index >= 15 is 0 Å². The van der Waals surface area contributed by atoms with E-state index in [-0.39, 0.29) is 5.82 Å². The van der Waals surface area contributed by atoms with Gasteiger partial charge in [0.05, 0.1) is 4.47 Å². The Morgan fingerprint density at radius 2 is 1.87 bits per heavy atom. The maximum atomic E-state index is 12.8. The molecule has 0 saturated carbocycles. The van der Waals surface area contributed by atoms with Crippen LogP contribution in [0.2, 0.25) is 0 Å². The van der Waals surface area contributed by atoms with Crippen LogP contribution in [0.5, 0.6) is 0 Å². The van der Waals surface area contributed by atoms with Gasteiger partial charge in [0.15, 0.2) is 0 Å². The maximum Gasteiger partial charge on any atom is 0.123 e. The summed E-state index contributed by atoms with van der Waals surface area (Å²) in [6, 6.07) is 6.32. The van der Waals surface area contributed by atoms with Crippen LogP contribution in [-0.2, 0) is 7.05 Å². The van der Waals surface area contributed by atoms with Gasteiger partial charge < -0.3 is 0 Å². The summed E-state index contributed by atoms with van der Waals surface area (Å²) in [4.78, 5) is 0. The van der Waals surface area contributed by atoms with Crippen LogP contribution in [0.1, 0.15) is 5.69 Å². The van der Waals surface area contributed by atoms with Gasteiger partial charge in [-0.15, -0.1) is 0 Å². The third-order valence-electron chi connectivity index (χ3n) is 2.38. The molecule has 0 spiro atoms. The molecule has 0 unspecified atom stereocenters. The first kappa shape index (κ1) is 10.4. The normalized spacial score (nSPS) is 10.7. The fourth-order valence-corrected chi connectivity index (χ4v) is 1.94. The third-order valence-corrected chi connectivity index (χ3v) is 3.33. The molecule has 0 radical (unpaired) electrons. The number of benzene rings is 1. The molecule has 0 N–H and O–H groups in total. The SMILES string of the molecule is Cc1c(Br)c(-c2ccc(F)cc2)nn1C. The van der Waals surface area contributed by atoms with Crippen molar-refractivity contribution >= 4 is 15.9 Å². The number of aryl methyl sites for hydroxylation is 1. The largest absolute Gasteiger partial charge is 0.271 e. The van der Waals surface area contributed by atoms with Gasteiger partial charge in [0.1, 0.15) is 11.5 Å². The number of nitrogens with zero attached hydrogens (tertiary/aromatic N) is 2. The van der Waals surface area contributed by atoms with Crippen molar-refractivity contribution in [2.24, 2.45) is 7.05 Å². The lowest BCUT2D eigenvalue weighted by atomic mass is 10.1. The minimum Gasteiger partial charge on any atom is -0.271 e. The van der Waals surface area contributed by atoms with Crippen molar-refractivity contribution in [1.82, 2.24) is 9.78 Å². The molecule has 0 bridgehead atoms. The summed E-state index contributed by atoms with van der Waals surface area (Å²) < 4.78 is 15.5. The lowest BCUT2D eigenvalue weighted by molar-refractivity contribution is 0.628. The minimum atomic E-state index is -0.234. The summed E-state index contributed by atoms with van der Waals surface area (Å²) in [6.45, 7) is 1.98. The van der Waals surface area contributed by atoms with E-state index in [0.717, 1.165) is 21.4 Å². The first-order valence-corrected chi connectivity index (χ1v) is 5.34. The highest BCUT2D eigenvalue weighted by atomic mass is 79.9. The minimum absolute atomic E-state index is 0.234.